The van der Waals surface area contributed by atoms with Crippen molar-refractivity contribution < 1.29 is 5.11 Å². The van der Waals surface area contributed by atoms with Crippen molar-refractivity contribution in [2.75, 3.05) is 46.0 Å². The summed E-state index contributed by atoms with van der Waals surface area (Å²) >= 11 is 15.3. The summed E-state index contributed by atoms with van der Waals surface area (Å²) in [5.41, 5.74) is 5.28. The first-order chi connectivity index (χ1) is 9.60. The third-order valence-electron chi connectivity index (χ3n) is 2.06. The van der Waals surface area contributed by atoms with Gasteiger partial charge in [0.25, 0.3) is 0 Å². The summed E-state index contributed by atoms with van der Waals surface area (Å²) in [6.45, 7) is 0. The van der Waals surface area contributed by atoms with Gasteiger partial charge >= 0.3 is 0 Å². The zero-order valence-corrected chi connectivity index (χ0v) is 16.4. The Morgan fingerprint density at radius 1 is 1.10 bits per heavy atom. The van der Waals surface area contributed by atoms with E-state index in [4.69, 9.17) is 11.1 Å². The maximum atomic E-state index is 9.85. The smallest absolute Gasteiger partial charge is 0.151 e. The highest BCUT2D eigenvalue weighted by molar-refractivity contribution is 8.14. The van der Waals surface area contributed by atoms with Crippen LogP contribution >= 0.6 is 72.3 Å². The summed E-state index contributed by atoms with van der Waals surface area (Å²) in [4.78, 5) is 0. The molecule has 0 bridgehead atoms. The maximum absolute atomic E-state index is 9.85. The third kappa shape index (κ3) is 14.5. The van der Waals surface area contributed by atoms with Crippen LogP contribution < -0.4 is 5.73 Å². The van der Waals surface area contributed by atoms with E-state index in [-0.39, 0.29) is 11.3 Å². The molecule has 0 aromatic carbocycles. The van der Waals surface area contributed by atoms with Crippen LogP contribution in [0.25, 0.3) is 0 Å². The van der Waals surface area contributed by atoms with Gasteiger partial charge in [-0.3, -0.25) is 5.41 Å². The van der Waals surface area contributed by atoms with Crippen molar-refractivity contribution in [3.05, 3.63) is 0 Å². The second kappa shape index (κ2) is 15.4. The van der Waals surface area contributed by atoms with Gasteiger partial charge in [-0.25, -0.2) is 0 Å². The Hall–Kier alpha value is 1.53. The molecule has 0 aliphatic carbocycles. The molecule has 0 aromatic heterocycles. The van der Waals surface area contributed by atoms with Crippen molar-refractivity contribution in [3.63, 3.8) is 0 Å². The van der Waals surface area contributed by atoms with E-state index in [1.807, 2.05) is 11.8 Å². The van der Waals surface area contributed by atoms with Gasteiger partial charge in [0.1, 0.15) is 0 Å². The minimum atomic E-state index is -0.245. The zero-order chi connectivity index (χ0) is 15.2. The minimum Gasteiger partial charge on any atom is -0.391 e. The molecule has 0 aliphatic heterocycles. The highest BCUT2D eigenvalue weighted by Gasteiger charge is 2.11. The highest BCUT2D eigenvalue weighted by atomic mass is 32.2. The van der Waals surface area contributed by atoms with E-state index >= 15 is 0 Å². The number of nitrogens with one attached hydrogen (secondary N) is 1. The second-order valence-corrected chi connectivity index (χ2v) is 9.46. The van der Waals surface area contributed by atoms with Gasteiger partial charge in [-0.1, -0.05) is 11.8 Å². The van der Waals surface area contributed by atoms with Crippen LogP contribution in [0.2, 0.25) is 0 Å². The lowest BCUT2D eigenvalue weighted by Crippen LogP contribution is -2.18. The molecule has 0 radical (unpaired) electrons. The molecule has 0 aromatic rings. The quantitative estimate of drug-likeness (QED) is 0.143. The molecule has 0 saturated carbocycles. The van der Waals surface area contributed by atoms with Crippen LogP contribution in [0.5, 0.6) is 0 Å². The lowest BCUT2D eigenvalue weighted by Gasteiger charge is -2.16. The molecule has 0 rings (SSSR count). The normalized spacial score (nSPS) is 14.2. The molecule has 0 amide bonds. The second-order valence-electron chi connectivity index (χ2n) is 3.88. The van der Waals surface area contributed by atoms with Gasteiger partial charge in [-0.15, -0.1) is 0 Å². The van der Waals surface area contributed by atoms with Crippen LogP contribution in [-0.4, -0.2) is 67.7 Å². The average Bonchev–Trinajstić information content (AvgIpc) is 2.41. The molecule has 120 valence electrons. The largest absolute Gasteiger partial charge is 0.391 e. The fourth-order valence-electron chi connectivity index (χ4n) is 1.16. The molecule has 20 heavy (non-hydrogen) atoms. The Bertz CT molecular complexity index is 247. The standard InChI is InChI=1S/C11H24N2OS6/c12-11(13)19-4-3-18-8-10(5-16)20-7-9(14)6-17-2-1-15/h9-10,14-16H,1-8H2,(H3,12,13). The first-order valence-electron chi connectivity index (χ1n) is 6.23. The van der Waals surface area contributed by atoms with E-state index in [0.29, 0.717) is 5.25 Å². The van der Waals surface area contributed by atoms with Gasteiger partial charge in [0, 0.05) is 45.5 Å². The minimum absolute atomic E-state index is 0.188. The lowest BCUT2D eigenvalue weighted by atomic mass is 10.5. The highest BCUT2D eigenvalue weighted by Crippen LogP contribution is 2.20. The Kier molecular flexibility index (Phi) is 16.6. The van der Waals surface area contributed by atoms with E-state index in [1.54, 1.807) is 23.5 Å². The van der Waals surface area contributed by atoms with Crippen molar-refractivity contribution in [2.24, 2.45) is 5.73 Å². The molecule has 0 heterocycles. The molecule has 3 nitrogen and oxygen atoms in total. The van der Waals surface area contributed by atoms with Gasteiger partial charge in [-0.05, 0) is 5.75 Å². The molecule has 0 saturated heterocycles. The van der Waals surface area contributed by atoms with Crippen molar-refractivity contribution >= 4 is 77.5 Å². The predicted molar refractivity (Wildman–Crippen MR) is 109 cm³/mol. The van der Waals surface area contributed by atoms with Crippen molar-refractivity contribution in [1.29, 1.82) is 5.41 Å². The molecule has 0 aliphatic rings. The summed E-state index contributed by atoms with van der Waals surface area (Å²) in [6.07, 6.45) is -0.245. The van der Waals surface area contributed by atoms with Crippen molar-refractivity contribution in [1.82, 2.24) is 0 Å². The fourth-order valence-corrected chi connectivity index (χ4v) is 5.96. The summed E-state index contributed by atoms with van der Waals surface area (Å²) in [5.74, 6) is 7.14. The summed E-state index contributed by atoms with van der Waals surface area (Å²) < 4.78 is 0. The zero-order valence-electron chi connectivity index (χ0n) is 11.4. The van der Waals surface area contributed by atoms with Gasteiger partial charge in [0.05, 0.1) is 6.10 Å². The number of thioether (sulfide) groups is 4. The monoisotopic (exact) mass is 392 g/mol. The number of thiol groups is 2. The number of aliphatic hydroxyl groups is 1. The van der Waals surface area contributed by atoms with Crippen LogP contribution in [0, 0.1) is 5.41 Å². The number of rotatable bonds is 13. The summed E-state index contributed by atoms with van der Waals surface area (Å²) in [7, 11) is 0. The molecule has 0 spiro atoms. The Morgan fingerprint density at radius 3 is 2.40 bits per heavy atom. The van der Waals surface area contributed by atoms with E-state index < -0.39 is 0 Å². The first-order valence-corrected chi connectivity index (χ1v) is 11.8. The van der Waals surface area contributed by atoms with Crippen LogP contribution in [0.1, 0.15) is 0 Å². The van der Waals surface area contributed by atoms with Gasteiger partial charge < -0.3 is 10.8 Å². The van der Waals surface area contributed by atoms with Crippen LogP contribution in [0.3, 0.4) is 0 Å². The molecule has 4 N–H and O–H groups in total. The number of amidine groups is 1. The molecular formula is C11H24N2OS6. The fraction of sp³-hybridized carbons (Fsp3) is 0.909. The first kappa shape index (κ1) is 21.5. The third-order valence-corrected chi connectivity index (χ3v) is 8.09. The Morgan fingerprint density at radius 2 is 1.80 bits per heavy atom. The Balaban J connectivity index is 3.57. The van der Waals surface area contributed by atoms with Gasteiger partial charge in [0.2, 0.25) is 0 Å². The topological polar surface area (TPSA) is 70.1 Å². The summed E-state index contributed by atoms with van der Waals surface area (Å²) in [5, 5.41) is 17.6. The van der Waals surface area contributed by atoms with E-state index in [9.17, 15) is 5.11 Å². The molecule has 0 fully saturated rings. The van der Waals surface area contributed by atoms with Crippen molar-refractivity contribution in [2.45, 2.75) is 11.4 Å². The van der Waals surface area contributed by atoms with Gasteiger partial charge in [-0.2, -0.15) is 60.5 Å². The molecule has 2 unspecified atom stereocenters. The maximum Gasteiger partial charge on any atom is 0.151 e. The van der Waals surface area contributed by atoms with Crippen molar-refractivity contribution in [3.8, 4) is 0 Å². The number of nitrogens with two attached hydrogens (primary N) is 1. The van der Waals surface area contributed by atoms with Crippen LogP contribution in [0.4, 0.5) is 0 Å². The molecular weight excluding hydrogens is 369 g/mol. The molecule has 9 heteroatoms. The van der Waals surface area contributed by atoms with Crippen LogP contribution in [0.15, 0.2) is 0 Å². The SMILES string of the molecule is N=C(N)SCCSCC(CS)SCC(O)CSCCS. The molecule has 2 atom stereocenters. The Labute approximate surface area is 150 Å². The average molecular weight is 393 g/mol. The summed E-state index contributed by atoms with van der Waals surface area (Å²) in [6, 6.07) is 0. The van der Waals surface area contributed by atoms with E-state index in [2.05, 4.69) is 25.3 Å². The van der Waals surface area contributed by atoms with E-state index in [0.717, 1.165) is 46.0 Å². The van der Waals surface area contributed by atoms with Gasteiger partial charge in [0.15, 0.2) is 5.17 Å². The van der Waals surface area contributed by atoms with Crippen LogP contribution in [-0.2, 0) is 0 Å². The van der Waals surface area contributed by atoms with E-state index in [1.165, 1.54) is 11.8 Å². The number of hydrogen-bond acceptors (Lipinski definition) is 8. The number of hydrogen-bond donors (Lipinski definition) is 5. The predicted octanol–water partition coefficient (Wildman–Crippen LogP) is 2.40. The number of aliphatic hydroxyl groups excluding tert-OH is 1. The lowest BCUT2D eigenvalue weighted by molar-refractivity contribution is 0.225.